The highest BCUT2D eigenvalue weighted by molar-refractivity contribution is 8.76. The standard InChI is InChI=1S/C44H70N12O11S3/c1-25(2)36(62)42-56-40(66)29(19-26-13-8-7-9-14-26)52-32(57)22-49-38(64)30(20-35(60)61)53-33(58)21-48-37(63)27(16-12-17-47-43(45)46)54-41(67)31(23-70-68-6)55-39(65)28(51-34(59)24-69-42)15-10-11-18-50-44(3,4)5/h7-9,13-14,25,27-31,42,50H,10-12,15-24H2,1-6H3,(H,48,63)(H,49,64)(H,51,59)(H,52,57)(H,53,58)(H,54,67)(H,55,65)(H,56,66)(H,60,61)(H4,45,46,47)/t27-,28-,29-,30-,31-,42?/m0/s1. The van der Waals surface area contributed by atoms with Gasteiger partial charge in [-0.1, -0.05) is 65.8 Å². The van der Waals surface area contributed by atoms with E-state index in [0.29, 0.717) is 24.9 Å². The van der Waals surface area contributed by atoms with Crippen LogP contribution < -0.4 is 58.9 Å². The molecule has 1 fully saturated rings. The zero-order valence-electron chi connectivity index (χ0n) is 40.5. The fourth-order valence-electron chi connectivity index (χ4n) is 6.50. The zero-order chi connectivity index (χ0) is 52.4. The molecule has 1 aromatic rings. The molecule has 1 aromatic carbocycles. The molecule has 1 aliphatic rings. The maximum Gasteiger partial charge on any atom is 0.305 e. The summed E-state index contributed by atoms with van der Waals surface area (Å²) >= 11 is 0.788. The summed E-state index contributed by atoms with van der Waals surface area (Å²) < 4.78 is 0. The summed E-state index contributed by atoms with van der Waals surface area (Å²) in [6.45, 7) is 8.39. The van der Waals surface area contributed by atoms with Crippen LogP contribution in [0.3, 0.4) is 0 Å². The molecule has 0 aromatic heterocycles. The first kappa shape index (κ1) is 60.5. The molecule has 0 bridgehead atoms. The van der Waals surface area contributed by atoms with E-state index in [-0.39, 0.29) is 49.5 Å². The third-order valence-corrected chi connectivity index (χ3v) is 13.1. The minimum absolute atomic E-state index is 0.0187. The summed E-state index contributed by atoms with van der Waals surface area (Å²) in [5, 5.41) is 41.8. The zero-order valence-corrected chi connectivity index (χ0v) is 42.9. The number of thioether (sulfide) groups is 1. The summed E-state index contributed by atoms with van der Waals surface area (Å²) in [4.78, 5) is 134. The van der Waals surface area contributed by atoms with Crippen molar-refractivity contribution >= 4 is 98.3 Å². The molecule has 6 atom stereocenters. The molecule has 0 spiro atoms. The number of carbonyl (C=O) groups is 10. The van der Waals surface area contributed by atoms with E-state index in [4.69, 9.17) is 11.1 Å². The number of Topliss-reactive ketones (excluding diaryl/α,β-unsaturated/α-hetero) is 1. The summed E-state index contributed by atoms with van der Waals surface area (Å²) in [6, 6.07) is 1.76. The van der Waals surface area contributed by atoms with E-state index in [2.05, 4.69) is 53.2 Å². The van der Waals surface area contributed by atoms with Crippen molar-refractivity contribution in [1.29, 1.82) is 5.41 Å². The van der Waals surface area contributed by atoms with Crippen LogP contribution in [-0.4, -0.2) is 155 Å². The van der Waals surface area contributed by atoms with Gasteiger partial charge < -0.3 is 64.0 Å². The molecule has 0 saturated carbocycles. The van der Waals surface area contributed by atoms with E-state index in [0.717, 1.165) is 11.8 Å². The SMILES string of the molecule is CSSC[C@@H]1NC(=O)[C@H](CCCCNC(C)(C)C)NC(=O)CSC(C(=O)C(C)C)NC(=O)[C@H](Cc2ccccc2)NC(=O)CNC(=O)[C@H](CC(=O)O)NC(=O)CNC(=O)[C@H](CCCNC(=N)N)NC1=O. The van der Waals surface area contributed by atoms with Crippen molar-refractivity contribution < 1.29 is 53.1 Å². The van der Waals surface area contributed by atoms with Crippen LogP contribution in [0, 0.1) is 11.3 Å². The molecule has 26 heteroatoms. The molecular weight excluding hydrogens is 969 g/mol. The molecule has 2 rings (SSSR count). The van der Waals surface area contributed by atoms with Crippen LogP contribution >= 0.6 is 33.3 Å². The van der Waals surface area contributed by atoms with Crippen molar-refractivity contribution in [3.8, 4) is 0 Å². The summed E-state index contributed by atoms with van der Waals surface area (Å²) in [7, 11) is 2.54. The number of amides is 8. The molecular formula is C44H70N12O11S3. The highest BCUT2D eigenvalue weighted by atomic mass is 33.1. The van der Waals surface area contributed by atoms with Crippen LogP contribution in [0.4, 0.5) is 0 Å². The van der Waals surface area contributed by atoms with Crippen LogP contribution in [0.25, 0.3) is 0 Å². The number of benzene rings is 1. The van der Waals surface area contributed by atoms with Gasteiger partial charge in [0.25, 0.3) is 0 Å². The Kier molecular flexibility index (Phi) is 27.3. The number of unbranched alkanes of at least 4 members (excludes halogenated alkanes) is 1. The number of carboxylic acid groups (broad SMARTS) is 1. The van der Waals surface area contributed by atoms with Gasteiger partial charge >= 0.3 is 5.97 Å². The second kappa shape index (κ2) is 31.6. The lowest BCUT2D eigenvalue weighted by Gasteiger charge is -2.26. The molecule has 1 unspecified atom stereocenters. The van der Waals surface area contributed by atoms with Crippen LogP contribution in [0.2, 0.25) is 0 Å². The predicted molar refractivity (Wildman–Crippen MR) is 269 cm³/mol. The Morgan fingerprint density at radius 2 is 1.29 bits per heavy atom. The summed E-state index contributed by atoms with van der Waals surface area (Å²) in [5.41, 5.74) is 5.84. The van der Waals surface area contributed by atoms with Crippen molar-refractivity contribution in [3.05, 3.63) is 35.9 Å². The van der Waals surface area contributed by atoms with Crippen molar-refractivity contribution in [3.63, 3.8) is 0 Å². The van der Waals surface area contributed by atoms with Crippen LogP contribution in [0.15, 0.2) is 30.3 Å². The molecule has 0 radical (unpaired) electrons. The third kappa shape index (κ3) is 24.8. The molecule has 390 valence electrons. The van der Waals surface area contributed by atoms with Crippen LogP contribution in [0.5, 0.6) is 0 Å². The normalized spacial score (nSPS) is 22.2. The number of rotatable bonds is 18. The predicted octanol–water partition coefficient (Wildman–Crippen LogP) is -1.39. The Morgan fingerprint density at radius 1 is 0.743 bits per heavy atom. The van der Waals surface area contributed by atoms with E-state index in [1.165, 1.54) is 21.6 Å². The van der Waals surface area contributed by atoms with E-state index in [1.807, 2.05) is 20.8 Å². The van der Waals surface area contributed by atoms with Gasteiger partial charge in [-0.3, -0.25) is 53.4 Å². The number of carboxylic acids is 1. The van der Waals surface area contributed by atoms with Crippen molar-refractivity contribution in [2.24, 2.45) is 11.7 Å². The first-order valence-electron chi connectivity index (χ1n) is 22.7. The fourth-order valence-corrected chi connectivity index (χ4v) is 8.87. The largest absolute Gasteiger partial charge is 0.481 e. The molecule has 23 nitrogen and oxygen atoms in total. The van der Waals surface area contributed by atoms with Crippen molar-refractivity contribution in [1.82, 2.24) is 53.2 Å². The maximum atomic E-state index is 14.1. The Hall–Kier alpha value is -5.60. The fraction of sp³-hybridized carbons (Fsp3) is 0.614. The highest BCUT2D eigenvalue weighted by Gasteiger charge is 2.33. The van der Waals surface area contributed by atoms with Gasteiger partial charge in [-0.25, -0.2) is 0 Å². The second-order valence-corrected chi connectivity index (χ2v) is 21.3. The van der Waals surface area contributed by atoms with Crippen LogP contribution in [0.1, 0.15) is 78.7 Å². The van der Waals surface area contributed by atoms with Gasteiger partial charge in [0.05, 0.1) is 25.3 Å². The second-order valence-electron chi connectivity index (χ2n) is 17.6. The van der Waals surface area contributed by atoms with E-state index < -0.39 is 126 Å². The number of hydrogen-bond acceptors (Lipinski definition) is 15. The topological polar surface area (TPSA) is 361 Å². The number of guanidine groups is 1. The molecule has 70 heavy (non-hydrogen) atoms. The molecule has 0 aliphatic carbocycles. The van der Waals surface area contributed by atoms with Gasteiger partial charge in [0.2, 0.25) is 47.3 Å². The molecule has 1 heterocycles. The summed E-state index contributed by atoms with van der Waals surface area (Å²) in [6.07, 6.45) is 2.13. The Labute approximate surface area is 420 Å². The van der Waals surface area contributed by atoms with Gasteiger partial charge in [-0.15, -0.1) is 11.8 Å². The lowest BCUT2D eigenvalue weighted by Crippen LogP contribution is -2.58. The first-order chi connectivity index (χ1) is 33.0. The average molecular weight is 1040 g/mol. The molecule has 8 amide bonds. The lowest BCUT2D eigenvalue weighted by molar-refractivity contribution is -0.141. The van der Waals surface area contributed by atoms with Gasteiger partial charge in [0, 0.05) is 30.2 Å². The number of nitrogens with two attached hydrogens (primary N) is 1. The van der Waals surface area contributed by atoms with Crippen molar-refractivity contribution in [2.75, 3.05) is 43.9 Å². The van der Waals surface area contributed by atoms with E-state index in [1.54, 1.807) is 50.4 Å². The van der Waals surface area contributed by atoms with E-state index >= 15 is 0 Å². The monoisotopic (exact) mass is 1040 g/mol. The van der Waals surface area contributed by atoms with E-state index in [9.17, 15) is 53.1 Å². The Balaban J connectivity index is 2.62. The average Bonchev–Trinajstić information content (AvgIpc) is 3.28. The molecule has 1 aliphatic heterocycles. The van der Waals surface area contributed by atoms with Gasteiger partial charge in [0.15, 0.2) is 11.7 Å². The minimum atomic E-state index is -1.73. The number of carbonyl (C=O) groups excluding carboxylic acids is 9. The highest BCUT2D eigenvalue weighted by Crippen LogP contribution is 2.19. The smallest absolute Gasteiger partial charge is 0.305 e. The minimum Gasteiger partial charge on any atom is -0.481 e. The van der Waals surface area contributed by atoms with Gasteiger partial charge in [-0.2, -0.15) is 0 Å². The Morgan fingerprint density at radius 3 is 1.87 bits per heavy atom. The van der Waals surface area contributed by atoms with Crippen molar-refractivity contribution in [2.45, 2.75) is 121 Å². The number of nitrogens with one attached hydrogen (secondary N) is 11. The maximum absolute atomic E-state index is 14.1. The molecule has 1 saturated heterocycles. The van der Waals surface area contributed by atoms with Gasteiger partial charge in [-0.05, 0) is 71.2 Å². The number of aliphatic carboxylic acids is 1. The summed E-state index contributed by atoms with van der Waals surface area (Å²) in [5.74, 6) is -10.1. The lowest BCUT2D eigenvalue weighted by atomic mass is 10.0. The number of ketones is 1. The first-order valence-corrected chi connectivity index (χ1v) is 26.5. The Bertz CT molecular complexity index is 1980. The van der Waals surface area contributed by atoms with Crippen LogP contribution in [-0.2, 0) is 54.4 Å². The quantitative estimate of drug-likeness (QED) is 0.0348. The third-order valence-electron chi connectivity index (χ3n) is 10.1. The van der Waals surface area contributed by atoms with Gasteiger partial charge in [0.1, 0.15) is 35.6 Å². The molecule has 14 N–H and O–H groups in total. The number of hydrogen-bond donors (Lipinski definition) is 13.